The molecule has 5 rings (SSSR count). The molecule has 0 spiro atoms. The Morgan fingerprint density at radius 2 is 1.73 bits per heavy atom. The Kier molecular flexibility index (Phi) is 7.47. The smallest absolute Gasteiger partial charge is 0.187 e. The molecule has 37 heavy (non-hydrogen) atoms. The third kappa shape index (κ3) is 5.82. The van der Waals surface area contributed by atoms with Crippen molar-refractivity contribution in [1.29, 1.82) is 0 Å². The molecule has 0 aromatic heterocycles. The van der Waals surface area contributed by atoms with Crippen LogP contribution < -0.4 is 14.8 Å². The molecular weight excluding hydrogens is 458 g/mol. The number of nitrogens with zero attached hydrogens (tertiary/aromatic N) is 2. The molecule has 0 amide bonds. The first-order valence-electron chi connectivity index (χ1n) is 12.5. The third-order valence-electron chi connectivity index (χ3n) is 6.46. The molecule has 0 bridgehead atoms. The number of amidine groups is 1. The molecule has 0 saturated heterocycles. The van der Waals surface area contributed by atoms with Crippen LogP contribution in [0.1, 0.15) is 28.7 Å². The van der Waals surface area contributed by atoms with Gasteiger partial charge < -0.3 is 14.8 Å². The highest BCUT2D eigenvalue weighted by Gasteiger charge is 2.15. The lowest BCUT2D eigenvalue weighted by Gasteiger charge is -2.19. The van der Waals surface area contributed by atoms with Gasteiger partial charge >= 0.3 is 0 Å². The molecule has 5 nitrogen and oxygen atoms in total. The summed E-state index contributed by atoms with van der Waals surface area (Å²) in [6.45, 7) is 11.9. The fourth-order valence-electron chi connectivity index (χ4n) is 4.43. The normalized spacial score (nSPS) is 12.7. The van der Waals surface area contributed by atoms with Gasteiger partial charge in [0.2, 0.25) is 0 Å². The summed E-state index contributed by atoms with van der Waals surface area (Å²) in [5.74, 6) is 2.28. The highest BCUT2D eigenvalue weighted by Crippen LogP contribution is 2.30. The van der Waals surface area contributed by atoms with Crippen LogP contribution in [0.25, 0.3) is 16.0 Å². The molecule has 0 atom stereocenters. The van der Waals surface area contributed by atoms with Crippen molar-refractivity contribution in [2.45, 2.75) is 26.6 Å². The summed E-state index contributed by atoms with van der Waals surface area (Å²) in [4.78, 5) is 8.18. The fourth-order valence-corrected chi connectivity index (χ4v) is 4.43. The van der Waals surface area contributed by atoms with Gasteiger partial charge in [0.05, 0.1) is 12.1 Å². The second-order valence-electron chi connectivity index (χ2n) is 8.98. The molecule has 1 heterocycles. The topological polar surface area (TPSA) is 47.2 Å². The van der Waals surface area contributed by atoms with Gasteiger partial charge in [-0.15, -0.1) is 0 Å². The van der Waals surface area contributed by atoms with E-state index >= 15 is 0 Å². The second kappa shape index (κ2) is 11.5. The van der Waals surface area contributed by atoms with Crippen LogP contribution in [0.4, 0.5) is 5.69 Å². The lowest BCUT2D eigenvalue weighted by atomic mass is 9.97. The van der Waals surface area contributed by atoms with E-state index in [0.717, 1.165) is 47.8 Å². The number of hydrogen-bond acceptors (Lipinski definition) is 4. The van der Waals surface area contributed by atoms with Gasteiger partial charge in [-0.1, -0.05) is 66.7 Å². The molecule has 1 aliphatic rings. The quantitative estimate of drug-likeness (QED) is 0.269. The van der Waals surface area contributed by atoms with E-state index in [1.54, 1.807) is 6.07 Å². The van der Waals surface area contributed by atoms with Crippen molar-refractivity contribution >= 4 is 11.5 Å². The fraction of sp³-hybridized carbons (Fsp3) is 0.188. The van der Waals surface area contributed by atoms with Crippen molar-refractivity contribution < 1.29 is 9.47 Å². The number of rotatable bonds is 8. The van der Waals surface area contributed by atoms with Crippen molar-refractivity contribution in [2.75, 3.05) is 13.1 Å². The highest BCUT2D eigenvalue weighted by atomic mass is 16.5. The first-order chi connectivity index (χ1) is 18.2. The van der Waals surface area contributed by atoms with Gasteiger partial charge in [0.15, 0.2) is 5.69 Å². The van der Waals surface area contributed by atoms with Crippen LogP contribution in [-0.4, -0.2) is 18.9 Å². The predicted octanol–water partition coefficient (Wildman–Crippen LogP) is 7.11. The van der Waals surface area contributed by atoms with Gasteiger partial charge in [0.25, 0.3) is 0 Å². The Morgan fingerprint density at radius 1 is 0.865 bits per heavy atom. The maximum absolute atomic E-state index is 7.27. The summed E-state index contributed by atoms with van der Waals surface area (Å²) in [5, 5.41) is 3.39. The van der Waals surface area contributed by atoms with Crippen LogP contribution in [0.15, 0.2) is 96.0 Å². The van der Waals surface area contributed by atoms with Crippen LogP contribution in [0.2, 0.25) is 0 Å². The highest BCUT2D eigenvalue weighted by molar-refractivity contribution is 6.01. The third-order valence-corrected chi connectivity index (χ3v) is 6.46. The van der Waals surface area contributed by atoms with Gasteiger partial charge in [-0.2, -0.15) is 0 Å². The van der Waals surface area contributed by atoms with Crippen LogP contribution in [0.3, 0.4) is 0 Å². The summed E-state index contributed by atoms with van der Waals surface area (Å²) in [5.41, 5.74) is 7.22. The van der Waals surface area contributed by atoms with Gasteiger partial charge in [0.1, 0.15) is 30.5 Å². The molecule has 0 unspecified atom stereocenters. The average molecular weight is 488 g/mol. The minimum atomic E-state index is 0.353. The molecule has 0 aliphatic carbocycles. The Hall–Kier alpha value is -4.56. The standard InChI is InChI=1S/C32H29N3O2/c1-23-26(12-7-14-29(23)25-10-4-3-5-11-25)22-36-28-15-16-30(32-34-17-8-18-35-32)31(20-28)37-21-24-9-6-13-27(19-24)33-2/h3-7,9-16,19-20H,8,17-18,21-22H2,1H3,(H,34,35). The summed E-state index contributed by atoms with van der Waals surface area (Å²) in [6, 6.07) is 30.2. The number of hydrogen-bond donors (Lipinski definition) is 1. The largest absolute Gasteiger partial charge is 0.489 e. The van der Waals surface area contributed by atoms with Crippen LogP contribution in [0, 0.1) is 13.5 Å². The molecule has 0 fully saturated rings. The molecule has 184 valence electrons. The summed E-state index contributed by atoms with van der Waals surface area (Å²) >= 11 is 0. The van der Waals surface area contributed by atoms with Crippen molar-refractivity contribution in [3.05, 3.63) is 125 Å². The van der Waals surface area contributed by atoms with E-state index in [4.69, 9.17) is 16.0 Å². The van der Waals surface area contributed by atoms with E-state index in [-0.39, 0.29) is 0 Å². The van der Waals surface area contributed by atoms with Crippen LogP contribution in [-0.2, 0) is 13.2 Å². The summed E-state index contributed by atoms with van der Waals surface area (Å²) in [6.07, 6.45) is 1.02. The molecule has 5 heteroatoms. The average Bonchev–Trinajstić information content (AvgIpc) is 2.96. The van der Waals surface area contributed by atoms with Crippen molar-refractivity contribution in [3.8, 4) is 22.6 Å². The van der Waals surface area contributed by atoms with E-state index in [2.05, 4.69) is 64.5 Å². The molecule has 1 aliphatic heterocycles. The molecular formula is C32H29N3O2. The Labute approximate surface area is 218 Å². The summed E-state index contributed by atoms with van der Waals surface area (Å²) < 4.78 is 12.5. The molecule has 0 radical (unpaired) electrons. The SMILES string of the molecule is [C-]#[N+]c1cccc(COc2cc(OCc3cccc(-c4ccccc4)c3C)ccc2C2=NCCCN2)c1. The van der Waals surface area contributed by atoms with Gasteiger partial charge in [-0.25, -0.2) is 4.85 Å². The Bertz CT molecular complexity index is 1450. The maximum Gasteiger partial charge on any atom is 0.187 e. The number of aliphatic imine (C=N–C) groups is 1. The number of ether oxygens (including phenoxy) is 2. The monoisotopic (exact) mass is 487 g/mol. The zero-order chi connectivity index (χ0) is 25.5. The van der Waals surface area contributed by atoms with E-state index in [0.29, 0.717) is 24.7 Å². The summed E-state index contributed by atoms with van der Waals surface area (Å²) in [7, 11) is 0. The van der Waals surface area contributed by atoms with Gasteiger partial charge in [0, 0.05) is 19.2 Å². The van der Waals surface area contributed by atoms with Gasteiger partial charge in [-0.3, -0.25) is 4.99 Å². The van der Waals surface area contributed by atoms with Crippen molar-refractivity contribution in [2.24, 2.45) is 4.99 Å². The van der Waals surface area contributed by atoms with E-state index in [9.17, 15) is 0 Å². The Morgan fingerprint density at radius 3 is 2.54 bits per heavy atom. The van der Waals surface area contributed by atoms with Crippen molar-refractivity contribution in [3.63, 3.8) is 0 Å². The number of benzene rings is 4. The minimum Gasteiger partial charge on any atom is -0.489 e. The predicted molar refractivity (Wildman–Crippen MR) is 148 cm³/mol. The van der Waals surface area contributed by atoms with Crippen LogP contribution in [0.5, 0.6) is 11.5 Å². The first-order valence-corrected chi connectivity index (χ1v) is 12.5. The molecule has 4 aromatic rings. The first kappa shape index (κ1) is 24.1. The molecule has 4 aromatic carbocycles. The van der Waals surface area contributed by atoms with Crippen LogP contribution >= 0.6 is 0 Å². The lowest BCUT2D eigenvalue weighted by Crippen LogP contribution is -2.30. The van der Waals surface area contributed by atoms with E-state index < -0.39 is 0 Å². The second-order valence-corrected chi connectivity index (χ2v) is 8.98. The van der Waals surface area contributed by atoms with Crippen molar-refractivity contribution in [1.82, 2.24) is 5.32 Å². The zero-order valence-corrected chi connectivity index (χ0v) is 20.9. The van der Waals surface area contributed by atoms with Gasteiger partial charge in [-0.05, 0) is 59.4 Å². The molecule has 1 N–H and O–H groups in total. The Balaban J connectivity index is 1.37. The van der Waals surface area contributed by atoms with E-state index in [1.165, 1.54) is 16.7 Å². The minimum absolute atomic E-state index is 0.353. The lowest BCUT2D eigenvalue weighted by molar-refractivity contribution is 0.289. The van der Waals surface area contributed by atoms with E-state index in [1.807, 2.05) is 42.5 Å². The maximum atomic E-state index is 7.27. The zero-order valence-electron chi connectivity index (χ0n) is 20.9. The molecule has 0 saturated carbocycles. The number of nitrogens with one attached hydrogen (secondary N) is 1.